The van der Waals surface area contributed by atoms with Gasteiger partial charge in [0.2, 0.25) is 21.7 Å². The van der Waals surface area contributed by atoms with Crippen molar-refractivity contribution in [3.05, 3.63) is 49.9 Å². The summed E-state index contributed by atoms with van der Waals surface area (Å²) in [5.41, 5.74) is 15.3. The number of nitrogens with zero attached hydrogens (tertiary/aromatic N) is 2. The molecule has 0 aliphatic heterocycles. The Hall–Kier alpha value is -2.81. The minimum absolute atomic E-state index is 0.00565. The van der Waals surface area contributed by atoms with Crippen LogP contribution >= 0.6 is 22.6 Å². The van der Waals surface area contributed by atoms with E-state index in [2.05, 4.69) is 10.5 Å². The van der Waals surface area contributed by atoms with E-state index in [1.165, 1.54) is 18.2 Å². The molecule has 0 aliphatic carbocycles. The molecule has 1 amide bonds. The number of aromatic nitrogens is 1. The molecule has 2 aromatic rings. The van der Waals surface area contributed by atoms with Gasteiger partial charge in [0.15, 0.2) is 4.90 Å². The van der Waals surface area contributed by atoms with E-state index >= 15 is 0 Å². The SMILES string of the molecule is Cc1cc(N)c(S(=O)(=O)c2ccc(I)cc2)c(=O)n1CC(=O)NCCON=C(N)N. The van der Waals surface area contributed by atoms with Crippen molar-refractivity contribution in [3.8, 4) is 0 Å². The summed E-state index contributed by atoms with van der Waals surface area (Å²) in [6.45, 7) is 1.23. The highest BCUT2D eigenvalue weighted by Crippen LogP contribution is 2.24. The van der Waals surface area contributed by atoms with Crippen molar-refractivity contribution in [1.82, 2.24) is 9.88 Å². The van der Waals surface area contributed by atoms with Crippen LogP contribution in [0.15, 0.2) is 50.1 Å². The van der Waals surface area contributed by atoms with E-state index in [1.54, 1.807) is 19.1 Å². The lowest BCUT2D eigenvalue weighted by Crippen LogP contribution is -2.37. The molecule has 1 aromatic carbocycles. The minimum atomic E-state index is -4.18. The van der Waals surface area contributed by atoms with E-state index in [0.29, 0.717) is 5.69 Å². The summed E-state index contributed by atoms with van der Waals surface area (Å²) in [5.74, 6) is -0.789. The molecule has 0 fully saturated rings. The number of nitrogens with one attached hydrogen (secondary N) is 1. The average Bonchev–Trinajstić information content (AvgIpc) is 2.64. The van der Waals surface area contributed by atoms with Crippen molar-refractivity contribution in [3.63, 3.8) is 0 Å². The lowest BCUT2D eigenvalue weighted by molar-refractivity contribution is -0.122. The van der Waals surface area contributed by atoms with E-state index < -0.39 is 32.7 Å². The third-order valence-electron chi connectivity index (χ3n) is 3.87. The molecule has 7 N–H and O–H groups in total. The Morgan fingerprint density at radius 2 is 1.90 bits per heavy atom. The van der Waals surface area contributed by atoms with Gasteiger partial charge in [0.05, 0.1) is 17.1 Å². The number of rotatable bonds is 8. The Labute approximate surface area is 186 Å². The second-order valence-corrected chi connectivity index (χ2v) is 9.25. The zero-order valence-corrected chi connectivity index (χ0v) is 18.9. The lowest BCUT2D eigenvalue weighted by atomic mass is 10.3. The largest absolute Gasteiger partial charge is 0.397 e. The number of oxime groups is 1. The van der Waals surface area contributed by atoms with Crippen LogP contribution in [0.5, 0.6) is 0 Å². The summed E-state index contributed by atoms with van der Waals surface area (Å²) in [4.78, 5) is 29.2. The minimum Gasteiger partial charge on any atom is -0.397 e. The number of sulfone groups is 1. The van der Waals surface area contributed by atoms with Crippen molar-refractivity contribution in [2.24, 2.45) is 16.6 Å². The molecular weight excluding hydrogens is 527 g/mol. The molecule has 0 radical (unpaired) electrons. The highest BCUT2D eigenvalue weighted by molar-refractivity contribution is 14.1. The third kappa shape index (κ3) is 5.63. The molecule has 30 heavy (non-hydrogen) atoms. The van der Waals surface area contributed by atoms with Crippen LogP contribution in [0.25, 0.3) is 0 Å². The number of carbonyl (C=O) groups is 1. The molecule has 0 unspecified atom stereocenters. The molecule has 2 rings (SSSR count). The molecule has 13 heteroatoms. The first-order chi connectivity index (χ1) is 14.0. The quantitative estimate of drug-likeness (QED) is 0.112. The van der Waals surface area contributed by atoms with E-state index in [9.17, 15) is 18.0 Å². The van der Waals surface area contributed by atoms with Gasteiger partial charge in [-0.15, -0.1) is 0 Å². The Bertz CT molecular complexity index is 1120. The van der Waals surface area contributed by atoms with E-state index in [4.69, 9.17) is 22.0 Å². The number of carbonyl (C=O) groups excluding carboxylic acids is 1. The fourth-order valence-corrected chi connectivity index (χ4v) is 4.33. The van der Waals surface area contributed by atoms with Crippen LogP contribution < -0.4 is 28.1 Å². The van der Waals surface area contributed by atoms with Crippen LogP contribution in [0.3, 0.4) is 0 Å². The van der Waals surface area contributed by atoms with E-state index in [0.717, 1.165) is 8.14 Å². The number of benzene rings is 1. The Morgan fingerprint density at radius 3 is 2.50 bits per heavy atom. The summed E-state index contributed by atoms with van der Waals surface area (Å²) in [7, 11) is -4.18. The monoisotopic (exact) mass is 548 g/mol. The number of aryl methyl sites for hydroxylation is 1. The highest BCUT2D eigenvalue weighted by Gasteiger charge is 2.27. The van der Waals surface area contributed by atoms with E-state index in [1.807, 2.05) is 22.6 Å². The van der Waals surface area contributed by atoms with Gasteiger partial charge in [-0.2, -0.15) is 0 Å². The Balaban J connectivity index is 2.29. The maximum atomic E-state index is 13.0. The van der Waals surface area contributed by atoms with Gasteiger partial charge in [0, 0.05) is 9.26 Å². The predicted octanol–water partition coefficient (Wildman–Crippen LogP) is -0.502. The maximum absolute atomic E-state index is 13.0. The topological polar surface area (TPSA) is 185 Å². The molecule has 0 atom stereocenters. The first-order valence-corrected chi connectivity index (χ1v) is 11.1. The number of hydrogen-bond acceptors (Lipinski definition) is 7. The predicted molar refractivity (Wildman–Crippen MR) is 119 cm³/mol. The van der Waals surface area contributed by atoms with Gasteiger partial charge in [0.25, 0.3) is 5.56 Å². The number of guanidine groups is 1. The highest BCUT2D eigenvalue weighted by atomic mass is 127. The second-order valence-electron chi connectivity index (χ2n) is 6.12. The molecule has 0 bridgehead atoms. The average molecular weight is 548 g/mol. The Kier molecular flexibility index (Phi) is 7.66. The number of halogens is 1. The smallest absolute Gasteiger partial charge is 0.272 e. The summed E-state index contributed by atoms with van der Waals surface area (Å²) >= 11 is 2.04. The third-order valence-corrected chi connectivity index (χ3v) is 6.43. The summed E-state index contributed by atoms with van der Waals surface area (Å²) < 4.78 is 27.9. The first kappa shape index (κ1) is 23.5. The molecule has 1 aromatic heterocycles. The molecule has 0 aliphatic rings. The van der Waals surface area contributed by atoms with Crippen LogP contribution in [0, 0.1) is 10.5 Å². The molecule has 0 saturated carbocycles. The van der Waals surface area contributed by atoms with Gasteiger partial charge in [-0.1, -0.05) is 0 Å². The van der Waals surface area contributed by atoms with Gasteiger partial charge in [-0.25, -0.2) is 8.42 Å². The van der Waals surface area contributed by atoms with Crippen molar-refractivity contribution in [1.29, 1.82) is 0 Å². The van der Waals surface area contributed by atoms with Crippen LogP contribution in [-0.2, 0) is 26.0 Å². The fraction of sp³-hybridized carbons (Fsp3) is 0.235. The van der Waals surface area contributed by atoms with Crippen molar-refractivity contribution in [2.75, 3.05) is 18.9 Å². The normalized spacial score (nSPS) is 11.0. The van der Waals surface area contributed by atoms with Crippen molar-refractivity contribution in [2.45, 2.75) is 23.3 Å². The molecule has 1 heterocycles. The molecule has 0 saturated heterocycles. The number of anilines is 1. The first-order valence-electron chi connectivity index (χ1n) is 8.52. The molecular formula is C17H21IN6O5S. The van der Waals surface area contributed by atoms with Crippen LogP contribution in [-0.4, -0.2) is 38.0 Å². The fourth-order valence-electron chi connectivity index (χ4n) is 2.53. The van der Waals surface area contributed by atoms with Crippen LogP contribution in [0.2, 0.25) is 0 Å². The van der Waals surface area contributed by atoms with Crippen LogP contribution in [0.4, 0.5) is 5.69 Å². The number of hydrogen-bond donors (Lipinski definition) is 4. The number of pyridine rings is 1. The van der Waals surface area contributed by atoms with Crippen molar-refractivity contribution >= 4 is 50.0 Å². The lowest BCUT2D eigenvalue weighted by Gasteiger charge is -2.14. The molecule has 0 spiro atoms. The summed E-state index contributed by atoms with van der Waals surface area (Å²) in [5, 5.41) is 5.81. The number of nitrogens with two attached hydrogens (primary N) is 3. The maximum Gasteiger partial charge on any atom is 0.272 e. The summed E-state index contributed by atoms with van der Waals surface area (Å²) in [6.07, 6.45) is 0. The zero-order chi connectivity index (χ0) is 22.5. The number of amides is 1. The Morgan fingerprint density at radius 1 is 1.27 bits per heavy atom. The second kappa shape index (κ2) is 9.80. The van der Waals surface area contributed by atoms with Gasteiger partial charge < -0.3 is 31.9 Å². The van der Waals surface area contributed by atoms with Crippen molar-refractivity contribution < 1.29 is 18.0 Å². The standard InChI is InChI=1S/C17H21IN6O5S/c1-10-8-13(19)15(30(27,28)12-4-2-11(18)3-5-12)16(26)24(10)9-14(25)22-6-7-29-23-17(20)21/h2-5,8H,6-7,9,19H2,1H3,(H,22,25)(H4,20,21,23). The summed E-state index contributed by atoms with van der Waals surface area (Å²) in [6, 6.07) is 7.34. The number of nitrogen functional groups attached to an aromatic ring is 1. The van der Waals surface area contributed by atoms with Gasteiger partial charge in [-0.05, 0) is 65.0 Å². The van der Waals surface area contributed by atoms with Crippen LogP contribution in [0.1, 0.15) is 5.69 Å². The zero-order valence-electron chi connectivity index (χ0n) is 16.0. The van der Waals surface area contributed by atoms with Gasteiger partial charge >= 0.3 is 0 Å². The van der Waals surface area contributed by atoms with Gasteiger partial charge in [0.1, 0.15) is 13.2 Å². The van der Waals surface area contributed by atoms with E-state index in [-0.39, 0.29) is 29.7 Å². The van der Waals surface area contributed by atoms with Gasteiger partial charge in [-0.3, -0.25) is 9.59 Å². The molecule has 162 valence electrons. The molecule has 11 nitrogen and oxygen atoms in total.